The Morgan fingerprint density at radius 2 is 1.78 bits per heavy atom. The van der Waals surface area contributed by atoms with Gasteiger partial charge in [0.15, 0.2) is 0 Å². The third kappa shape index (κ3) is 9.87. The first-order valence-corrected chi connectivity index (χ1v) is 15.0. The van der Waals surface area contributed by atoms with Crippen molar-refractivity contribution in [3.8, 4) is 0 Å². The van der Waals surface area contributed by atoms with Crippen LogP contribution in [-0.2, 0) is 21.2 Å². The molecule has 0 saturated carbocycles. The predicted molar refractivity (Wildman–Crippen MR) is 152 cm³/mol. The number of carbonyl (C=O) groups excluding carboxylic acids is 1. The molecule has 11 heteroatoms. The van der Waals surface area contributed by atoms with Crippen LogP contribution in [0.2, 0.25) is 0 Å². The van der Waals surface area contributed by atoms with Gasteiger partial charge >= 0.3 is 6.09 Å². The topological polar surface area (TPSA) is 148 Å². The largest absolute Gasteiger partial charge is 0.444 e. The first-order chi connectivity index (χ1) is 17.2. The fourth-order valence-corrected chi connectivity index (χ4v) is 6.47. The van der Waals surface area contributed by atoms with Gasteiger partial charge in [0.1, 0.15) is 5.60 Å². The van der Waals surface area contributed by atoms with Crippen LogP contribution in [0.3, 0.4) is 0 Å². The standard InChI is InChI=1S/C26H41N4O5PS/c1-18(2)15-30(16-23(31)24(36-17-27)13-19-9-7-6-8-10-19)37(33,34)20-11-12-22(21(28)14-20)29-25(32)35-26(3,4)5/h6-12,14,18,23-24,31,36H,13,15-17,27-28H2,1-5H3,(H,29,32)/t23-,24+/m1/s1. The SMILES string of the molecule is CC(C)CN(C[C@@H](O)[C@H](Cc1ccccc1)PCN)S(=O)(=O)c1ccc(NC(=O)OC(C)(C)C)c(N)c1. The van der Waals surface area contributed by atoms with Gasteiger partial charge in [0, 0.05) is 25.0 Å². The molecular formula is C26H41N4O5PS. The van der Waals surface area contributed by atoms with Crippen molar-refractivity contribution >= 4 is 36.1 Å². The summed E-state index contributed by atoms with van der Waals surface area (Å²) in [5.41, 5.74) is 12.4. The number of ether oxygens (including phenoxy) is 1. The van der Waals surface area contributed by atoms with E-state index in [1.165, 1.54) is 22.5 Å². The number of rotatable bonds is 12. The zero-order chi connectivity index (χ0) is 27.8. The summed E-state index contributed by atoms with van der Waals surface area (Å²) in [4.78, 5) is 12.1. The van der Waals surface area contributed by atoms with E-state index in [-0.39, 0.29) is 49.5 Å². The fraction of sp³-hybridized carbons (Fsp3) is 0.500. The second-order valence-corrected chi connectivity index (χ2v) is 13.9. The van der Waals surface area contributed by atoms with Gasteiger partial charge in [-0.2, -0.15) is 4.31 Å². The molecule has 0 aliphatic rings. The van der Waals surface area contributed by atoms with E-state index in [9.17, 15) is 18.3 Å². The first kappa shape index (κ1) is 31.0. The summed E-state index contributed by atoms with van der Waals surface area (Å²) in [5.74, 6) is 0.0250. The van der Waals surface area contributed by atoms with Gasteiger partial charge in [0.25, 0.3) is 0 Å². The maximum atomic E-state index is 13.6. The highest BCUT2D eigenvalue weighted by Gasteiger charge is 2.31. The van der Waals surface area contributed by atoms with E-state index in [1.807, 2.05) is 44.2 Å². The molecule has 6 N–H and O–H groups in total. The predicted octanol–water partition coefficient (Wildman–Crippen LogP) is 3.83. The molecule has 37 heavy (non-hydrogen) atoms. The summed E-state index contributed by atoms with van der Waals surface area (Å²) >= 11 is 0. The van der Waals surface area contributed by atoms with Crippen molar-refractivity contribution in [2.75, 3.05) is 30.4 Å². The molecule has 9 nitrogen and oxygen atoms in total. The third-order valence-electron chi connectivity index (χ3n) is 5.40. The van der Waals surface area contributed by atoms with E-state index in [0.717, 1.165) is 5.56 Å². The van der Waals surface area contributed by atoms with E-state index in [4.69, 9.17) is 16.2 Å². The van der Waals surface area contributed by atoms with Crippen LogP contribution in [0, 0.1) is 5.92 Å². The maximum absolute atomic E-state index is 13.6. The molecule has 1 amide bonds. The number of aliphatic hydroxyl groups is 1. The van der Waals surface area contributed by atoms with Crippen LogP contribution < -0.4 is 16.8 Å². The number of benzene rings is 2. The Labute approximate surface area is 222 Å². The van der Waals surface area contributed by atoms with Crippen molar-refractivity contribution < 1.29 is 23.1 Å². The maximum Gasteiger partial charge on any atom is 0.412 e. The summed E-state index contributed by atoms with van der Waals surface area (Å²) in [6, 6.07) is 13.9. The van der Waals surface area contributed by atoms with Crippen molar-refractivity contribution in [1.82, 2.24) is 4.31 Å². The quantitative estimate of drug-likeness (QED) is 0.231. The zero-order valence-electron chi connectivity index (χ0n) is 22.3. The van der Waals surface area contributed by atoms with Crippen LogP contribution in [0.4, 0.5) is 16.2 Å². The lowest BCUT2D eigenvalue weighted by Gasteiger charge is -2.30. The summed E-state index contributed by atoms with van der Waals surface area (Å²) in [7, 11) is -3.71. The smallest absolute Gasteiger partial charge is 0.412 e. The minimum Gasteiger partial charge on any atom is -0.444 e. The fourth-order valence-electron chi connectivity index (χ4n) is 3.76. The highest BCUT2D eigenvalue weighted by molar-refractivity contribution is 7.89. The van der Waals surface area contributed by atoms with Crippen LogP contribution in [0.25, 0.3) is 0 Å². The van der Waals surface area contributed by atoms with Crippen molar-refractivity contribution in [3.05, 3.63) is 54.1 Å². The van der Waals surface area contributed by atoms with Gasteiger partial charge in [-0.25, -0.2) is 13.2 Å². The molecule has 0 radical (unpaired) electrons. The number of nitrogen functional groups attached to an aromatic ring is 1. The molecule has 0 aliphatic carbocycles. The highest BCUT2D eigenvalue weighted by Crippen LogP contribution is 2.29. The lowest BCUT2D eigenvalue weighted by atomic mass is 10.1. The minimum absolute atomic E-state index is 0.0199. The van der Waals surface area contributed by atoms with Crippen LogP contribution >= 0.6 is 8.58 Å². The Morgan fingerprint density at radius 3 is 2.32 bits per heavy atom. The number of hydrogen-bond acceptors (Lipinski definition) is 7. The Balaban J connectivity index is 2.26. The summed E-state index contributed by atoms with van der Waals surface area (Å²) in [6.45, 7) is 9.20. The molecule has 0 bridgehead atoms. The normalized spacial score (nSPS) is 14.3. The average molecular weight is 553 g/mol. The first-order valence-electron chi connectivity index (χ1n) is 12.3. The molecule has 2 aromatic rings. The molecule has 0 aromatic heterocycles. The van der Waals surface area contributed by atoms with Gasteiger partial charge in [-0.1, -0.05) is 44.2 Å². The van der Waals surface area contributed by atoms with Gasteiger partial charge in [-0.3, -0.25) is 5.32 Å². The number of anilines is 2. The van der Waals surface area contributed by atoms with Gasteiger partial charge in [0.2, 0.25) is 10.0 Å². The second-order valence-electron chi connectivity index (χ2n) is 10.4. The minimum atomic E-state index is -3.99. The average Bonchev–Trinajstić information content (AvgIpc) is 2.78. The second kappa shape index (κ2) is 13.5. The number of nitrogens with zero attached hydrogens (tertiary/aromatic N) is 1. The molecule has 2 aromatic carbocycles. The molecule has 0 saturated heterocycles. The van der Waals surface area contributed by atoms with E-state index in [2.05, 4.69) is 5.32 Å². The zero-order valence-corrected chi connectivity index (χ0v) is 24.1. The molecule has 0 fully saturated rings. The Kier molecular flexibility index (Phi) is 11.3. The van der Waals surface area contributed by atoms with Crippen molar-refractivity contribution in [1.29, 1.82) is 0 Å². The number of nitrogens with one attached hydrogen (secondary N) is 1. The Hall–Kier alpha value is -2.23. The molecule has 2 rings (SSSR count). The third-order valence-corrected chi connectivity index (χ3v) is 8.58. The monoisotopic (exact) mass is 552 g/mol. The van der Waals surface area contributed by atoms with Gasteiger partial charge in [-0.05, 0) is 56.9 Å². The number of amides is 1. The lowest BCUT2D eigenvalue weighted by molar-refractivity contribution is 0.0636. The van der Waals surface area contributed by atoms with E-state index < -0.39 is 27.8 Å². The van der Waals surface area contributed by atoms with E-state index in [1.54, 1.807) is 20.8 Å². The molecule has 0 aliphatic heterocycles. The molecule has 0 spiro atoms. The van der Waals surface area contributed by atoms with E-state index in [0.29, 0.717) is 12.7 Å². The number of hydrogen-bond donors (Lipinski definition) is 4. The van der Waals surface area contributed by atoms with Gasteiger partial charge < -0.3 is 21.3 Å². The van der Waals surface area contributed by atoms with Crippen molar-refractivity contribution in [2.45, 2.75) is 63.3 Å². The number of carbonyl (C=O) groups is 1. The van der Waals surface area contributed by atoms with Crippen LogP contribution in [0.1, 0.15) is 40.2 Å². The Bertz CT molecular complexity index is 1120. The van der Waals surface area contributed by atoms with Gasteiger partial charge in [-0.15, -0.1) is 8.58 Å². The van der Waals surface area contributed by atoms with Crippen LogP contribution in [0.15, 0.2) is 53.4 Å². The molecule has 3 atom stereocenters. The van der Waals surface area contributed by atoms with E-state index >= 15 is 0 Å². The van der Waals surface area contributed by atoms with Crippen molar-refractivity contribution in [3.63, 3.8) is 0 Å². The van der Waals surface area contributed by atoms with Crippen LogP contribution in [0.5, 0.6) is 0 Å². The summed E-state index contributed by atoms with van der Waals surface area (Å²) < 4.78 is 33.8. The number of sulfonamides is 1. The number of nitrogens with two attached hydrogens (primary N) is 2. The molecule has 0 heterocycles. The summed E-state index contributed by atoms with van der Waals surface area (Å²) in [6.07, 6.45) is -0.579. The molecule has 206 valence electrons. The molecule has 1 unspecified atom stereocenters. The molecular weight excluding hydrogens is 511 g/mol. The highest BCUT2D eigenvalue weighted by atomic mass is 32.2. The van der Waals surface area contributed by atoms with Gasteiger partial charge in [0.05, 0.1) is 22.4 Å². The number of aliphatic hydroxyl groups excluding tert-OH is 1. The van der Waals surface area contributed by atoms with Crippen LogP contribution in [-0.4, -0.2) is 60.7 Å². The summed E-state index contributed by atoms with van der Waals surface area (Å²) in [5, 5.41) is 13.7. The van der Waals surface area contributed by atoms with Crippen molar-refractivity contribution in [2.24, 2.45) is 11.7 Å². The Morgan fingerprint density at radius 1 is 1.14 bits per heavy atom. The lowest BCUT2D eigenvalue weighted by Crippen LogP contribution is -2.43.